The fourth-order valence-electron chi connectivity index (χ4n) is 2.96. The van der Waals surface area contributed by atoms with Crippen molar-refractivity contribution in [3.05, 3.63) is 71.3 Å². The predicted octanol–water partition coefficient (Wildman–Crippen LogP) is 1.99. The van der Waals surface area contributed by atoms with E-state index < -0.39 is 35.9 Å². The fourth-order valence-corrected chi connectivity index (χ4v) is 2.96. The summed E-state index contributed by atoms with van der Waals surface area (Å²) in [5.74, 6) is -3.25. The summed E-state index contributed by atoms with van der Waals surface area (Å²) in [7, 11) is 1.13. The lowest BCUT2D eigenvalue weighted by molar-refractivity contribution is -0.168. The molecule has 10 heteroatoms. The van der Waals surface area contributed by atoms with E-state index in [0.717, 1.165) is 12.7 Å². The maximum atomic E-state index is 12.2. The van der Waals surface area contributed by atoms with Crippen LogP contribution in [0.5, 0.6) is 0 Å². The summed E-state index contributed by atoms with van der Waals surface area (Å²) < 4.78 is 9.70. The molecule has 0 saturated heterocycles. The standard InChI is InChI=1S/C22H20N2O8/c1-30-21(28)17(23-22(29)31-13-14-7-3-2-4-8-14)11-12-18(25)32-24-19(26)15-9-5-6-10-16(15)20(24)27/h2-10,17H,11-13H2,1H3,(H,23,29)/t17-/m0/s1. The third-order valence-electron chi connectivity index (χ3n) is 4.58. The van der Waals surface area contributed by atoms with Gasteiger partial charge in [-0.05, 0) is 24.1 Å². The first-order valence-corrected chi connectivity index (χ1v) is 9.64. The van der Waals surface area contributed by atoms with Gasteiger partial charge in [0.15, 0.2) is 0 Å². The number of carbonyl (C=O) groups is 5. The van der Waals surface area contributed by atoms with Crippen molar-refractivity contribution < 1.29 is 38.3 Å². The highest BCUT2D eigenvalue weighted by molar-refractivity contribution is 6.20. The molecule has 0 unspecified atom stereocenters. The molecule has 2 aromatic rings. The number of carbonyl (C=O) groups excluding carboxylic acids is 5. The number of alkyl carbamates (subject to hydrolysis) is 1. The number of hydrogen-bond acceptors (Lipinski definition) is 8. The second-order valence-corrected chi connectivity index (χ2v) is 6.73. The second-order valence-electron chi connectivity index (χ2n) is 6.73. The smallest absolute Gasteiger partial charge is 0.408 e. The maximum Gasteiger partial charge on any atom is 0.408 e. The van der Waals surface area contributed by atoms with Gasteiger partial charge < -0.3 is 19.6 Å². The van der Waals surface area contributed by atoms with Crippen LogP contribution in [0.1, 0.15) is 39.1 Å². The molecule has 2 aromatic carbocycles. The molecule has 10 nitrogen and oxygen atoms in total. The van der Waals surface area contributed by atoms with E-state index in [1.807, 2.05) is 6.07 Å². The molecule has 0 spiro atoms. The number of rotatable bonds is 8. The molecule has 0 saturated carbocycles. The van der Waals surface area contributed by atoms with E-state index in [-0.39, 0.29) is 30.6 Å². The van der Waals surface area contributed by atoms with Gasteiger partial charge in [-0.15, -0.1) is 0 Å². The van der Waals surface area contributed by atoms with Gasteiger partial charge in [-0.2, -0.15) is 0 Å². The molecule has 1 N–H and O–H groups in total. The first-order valence-electron chi connectivity index (χ1n) is 9.64. The summed E-state index contributed by atoms with van der Waals surface area (Å²) in [6.45, 7) is -0.0116. The minimum Gasteiger partial charge on any atom is -0.467 e. The summed E-state index contributed by atoms with van der Waals surface area (Å²) >= 11 is 0. The molecule has 0 radical (unpaired) electrons. The van der Waals surface area contributed by atoms with E-state index in [4.69, 9.17) is 9.57 Å². The van der Waals surface area contributed by atoms with Crippen molar-refractivity contribution >= 4 is 29.8 Å². The number of esters is 1. The topological polar surface area (TPSA) is 128 Å². The molecule has 0 bridgehead atoms. The quantitative estimate of drug-likeness (QED) is 0.488. The van der Waals surface area contributed by atoms with Crippen LogP contribution in [-0.4, -0.2) is 48.1 Å². The Morgan fingerprint density at radius 1 is 0.938 bits per heavy atom. The first kappa shape index (κ1) is 22.5. The Hall–Kier alpha value is -4.21. The van der Waals surface area contributed by atoms with E-state index in [0.29, 0.717) is 5.06 Å². The van der Waals surface area contributed by atoms with Gasteiger partial charge in [0.2, 0.25) is 0 Å². The van der Waals surface area contributed by atoms with Crippen molar-refractivity contribution in [2.24, 2.45) is 0 Å². The largest absolute Gasteiger partial charge is 0.467 e. The van der Waals surface area contributed by atoms with Crippen molar-refractivity contribution in [3.63, 3.8) is 0 Å². The van der Waals surface area contributed by atoms with Crippen LogP contribution in [-0.2, 0) is 30.5 Å². The summed E-state index contributed by atoms with van der Waals surface area (Å²) in [6, 6.07) is 13.8. The normalized spacial score (nSPS) is 13.2. The predicted molar refractivity (Wildman–Crippen MR) is 108 cm³/mol. The molecular weight excluding hydrogens is 420 g/mol. The Bertz CT molecular complexity index is 1000. The van der Waals surface area contributed by atoms with Crippen LogP contribution in [0.25, 0.3) is 0 Å². The third-order valence-corrected chi connectivity index (χ3v) is 4.58. The molecular formula is C22H20N2O8. The number of benzene rings is 2. The monoisotopic (exact) mass is 440 g/mol. The molecule has 3 rings (SSSR count). The van der Waals surface area contributed by atoms with E-state index in [9.17, 15) is 24.0 Å². The van der Waals surface area contributed by atoms with Crippen molar-refractivity contribution in [2.45, 2.75) is 25.5 Å². The van der Waals surface area contributed by atoms with Crippen LogP contribution in [0.2, 0.25) is 0 Å². The summed E-state index contributed by atoms with van der Waals surface area (Å²) in [4.78, 5) is 65.6. The minimum absolute atomic E-state index is 0.0116. The Kier molecular flexibility index (Phi) is 7.17. The van der Waals surface area contributed by atoms with E-state index >= 15 is 0 Å². The SMILES string of the molecule is COC(=O)[C@H](CCC(=O)ON1C(=O)c2ccccc2C1=O)NC(=O)OCc1ccccc1. The Morgan fingerprint density at radius 2 is 1.53 bits per heavy atom. The fraction of sp³-hybridized carbons (Fsp3) is 0.227. The van der Waals surface area contributed by atoms with Crippen LogP contribution in [0.4, 0.5) is 4.79 Å². The van der Waals surface area contributed by atoms with Crippen molar-refractivity contribution in [2.75, 3.05) is 7.11 Å². The number of ether oxygens (including phenoxy) is 2. The average molecular weight is 440 g/mol. The van der Waals surface area contributed by atoms with Crippen molar-refractivity contribution in [3.8, 4) is 0 Å². The van der Waals surface area contributed by atoms with Gasteiger partial charge in [0.25, 0.3) is 11.8 Å². The molecule has 3 amide bonds. The maximum absolute atomic E-state index is 12.2. The zero-order valence-electron chi connectivity index (χ0n) is 17.1. The first-order chi connectivity index (χ1) is 15.4. The van der Waals surface area contributed by atoms with Gasteiger partial charge in [-0.25, -0.2) is 14.4 Å². The van der Waals surface area contributed by atoms with Crippen LogP contribution in [0.15, 0.2) is 54.6 Å². The zero-order valence-corrected chi connectivity index (χ0v) is 17.1. The number of nitrogens with zero attached hydrogens (tertiary/aromatic N) is 1. The molecule has 0 fully saturated rings. The number of fused-ring (bicyclic) bond motifs is 1. The number of imide groups is 1. The number of hydroxylamine groups is 2. The van der Waals surface area contributed by atoms with Gasteiger partial charge in [-0.3, -0.25) is 9.59 Å². The molecule has 1 heterocycles. The Labute approximate surface area is 183 Å². The minimum atomic E-state index is -1.20. The van der Waals surface area contributed by atoms with Gasteiger partial charge in [-0.1, -0.05) is 47.5 Å². The number of methoxy groups -OCH3 is 1. The van der Waals surface area contributed by atoms with Gasteiger partial charge in [0.1, 0.15) is 12.6 Å². The van der Waals surface area contributed by atoms with Crippen LogP contribution in [0.3, 0.4) is 0 Å². The Morgan fingerprint density at radius 3 is 2.12 bits per heavy atom. The van der Waals surface area contributed by atoms with E-state index in [1.54, 1.807) is 36.4 Å². The van der Waals surface area contributed by atoms with Gasteiger partial charge in [0.05, 0.1) is 24.7 Å². The molecule has 32 heavy (non-hydrogen) atoms. The summed E-state index contributed by atoms with van der Waals surface area (Å²) in [6.07, 6.45) is -1.46. The second kappa shape index (κ2) is 10.2. The molecule has 1 aliphatic heterocycles. The van der Waals surface area contributed by atoms with Crippen molar-refractivity contribution in [1.29, 1.82) is 0 Å². The Balaban J connectivity index is 1.52. The van der Waals surface area contributed by atoms with Crippen LogP contribution >= 0.6 is 0 Å². The summed E-state index contributed by atoms with van der Waals surface area (Å²) in [5, 5.41) is 2.70. The highest BCUT2D eigenvalue weighted by atomic mass is 16.7. The molecule has 0 aromatic heterocycles. The number of amides is 3. The van der Waals surface area contributed by atoms with E-state index in [1.165, 1.54) is 12.1 Å². The van der Waals surface area contributed by atoms with Crippen molar-refractivity contribution in [1.82, 2.24) is 10.4 Å². The highest BCUT2D eigenvalue weighted by Crippen LogP contribution is 2.23. The van der Waals surface area contributed by atoms with Gasteiger partial charge >= 0.3 is 18.0 Å². The van der Waals surface area contributed by atoms with E-state index in [2.05, 4.69) is 10.1 Å². The van der Waals surface area contributed by atoms with Gasteiger partial charge in [0, 0.05) is 0 Å². The highest BCUT2D eigenvalue weighted by Gasteiger charge is 2.38. The third kappa shape index (κ3) is 5.28. The van der Waals surface area contributed by atoms with Crippen LogP contribution in [0, 0.1) is 0 Å². The summed E-state index contributed by atoms with van der Waals surface area (Å²) in [5.41, 5.74) is 1.00. The lowest BCUT2D eigenvalue weighted by Crippen LogP contribution is -2.42. The zero-order chi connectivity index (χ0) is 23.1. The number of hydrogen-bond donors (Lipinski definition) is 1. The lowest BCUT2D eigenvalue weighted by Gasteiger charge is -2.17. The molecule has 0 aliphatic carbocycles. The molecule has 1 aliphatic rings. The number of nitrogens with one attached hydrogen (secondary N) is 1. The molecule has 166 valence electrons. The lowest BCUT2D eigenvalue weighted by atomic mass is 10.1. The molecule has 1 atom stereocenters. The van der Waals surface area contributed by atoms with Crippen LogP contribution < -0.4 is 5.32 Å². The average Bonchev–Trinajstić information content (AvgIpc) is 3.05.